The normalized spacial score (nSPS) is 17.1. The molecule has 1 atom stereocenters. The van der Waals surface area contributed by atoms with E-state index in [2.05, 4.69) is 11.6 Å². The van der Waals surface area contributed by atoms with Gasteiger partial charge in [0.05, 0.1) is 16.5 Å². The SMILES string of the molecule is CC(CNS(=O)(=O)c1ccc(C#N)cc1)C1CC1. The van der Waals surface area contributed by atoms with Crippen molar-refractivity contribution in [3.8, 4) is 6.07 Å². The van der Waals surface area contributed by atoms with Crippen molar-refractivity contribution in [3.05, 3.63) is 29.8 Å². The number of sulfonamides is 1. The Morgan fingerprint density at radius 1 is 1.39 bits per heavy atom. The van der Waals surface area contributed by atoms with E-state index >= 15 is 0 Å². The third-order valence-electron chi connectivity index (χ3n) is 3.32. The van der Waals surface area contributed by atoms with E-state index in [1.807, 2.05) is 6.07 Å². The van der Waals surface area contributed by atoms with Crippen LogP contribution in [0.2, 0.25) is 0 Å². The van der Waals surface area contributed by atoms with Crippen molar-refractivity contribution in [2.45, 2.75) is 24.7 Å². The summed E-state index contributed by atoms with van der Waals surface area (Å²) >= 11 is 0. The molecule has 1 aliphatic carbocycles. The fourth-order valence-corrected chi connectivity index (χ4v) is 3.01. The van der Waals surface area contributed by atoms with Crippen LogP contribution in [0.3, 0.4) is 0 Å². The smallest absolute Gasteiger partial charge is 0.211 e. The zero-order valence-electron chi connectivity index (χ0n) is 10.3. The van der Waals surface area contributed by atoms with Gasteiger partial charge < -0.3 is 0 Å². The van der Waals surface area contributed by atoms with Crippen LogP contribution in [0.15, 0.2) is 29.2 Å². The first-order chi connectivity index (χ1) is 8.53. The van der Waals surface area contributed by atoms with Crippen molar-refractivity contribution >= 4 is 10.0 Å². The number of benzene rings is 1. The molecule has 1 aromatic carbocycles. The van der Waals surface area contributed by atoms with Gasteiger partial charge in [-0.2, -0.15) is 5.26 Å². The van der Waals surface area contributed by atoms with Gasteiger partial charge in [-0.25, -0.2) is 13.1 Å². The summed E-state index contributed by atoms with van der Waals surface area (Å²) in [6, 6.07) is 7.91. The summed E-state index contributed by atoms with van der Waals surface area (Å²) in [5.74, 6) is 1.06. The zero-order valence-corrected chi connectivity index (χ0v) is 11.1. The van der Waals surface area contributed by atoms with Crippen LogP contribution in [-0.4, -0.2) is 15.0 Å². The minimum atomic E-state index is -3.45. The van der Waals surface area contributed by atoms with Gasteiger partial charge in [0, 0.05) is 6.54 Å². The number of rotatable bonds is 5. The third kappa shape index (κ3) is 3.09. The average molecular weight is 264 g/mol. The van der Waals surface area contributed by atoms with Crippen molar-refractivity contribution < 1.29 is 8.42 Å². The fraction of sp³-hybridized carbons (Fsp3) is 0.462. The van der Waals surface area contributed by atoms with E-state index in [1.165, 1.54) is 37.1 Å². The van der Waals surface area contributed by atoms with Gasteiger partial charge in [-0.1, -0.05) is 6.92 Å². The summed E-state index contributed by atoms with van der Waals surface area (Å²) in [7, 11) is -3.45. The Hall–Kier alpha value is -1.38. The molecule has 0 saturated heterocycles. The van der Waals surface area contributed by atoms with Gasteiger partial charge in [0.1, 0.15) is 0 Å². The first-order valence-corrected chi connectivity index (χ1v) is 7.51. The van der Waals surface area contributed by atoms with Crippen molar-refractivity contribution in [3.63, 3.8) is 0 Å². The Labute approximate surface area is 108 Å². The number of hydrogen-bond donors (Lipinski definition) is 1. The van der Waals surface area contributed by atoms with Gasteiger partial charge in [-0.3, -0.25) is 0 Å². The van der Waals surface area contributed by atoms with Crippen molar-refractivity contribution in [1.82, 2.24) is 4.72 Å². The number of nitriles is 1. The molecular formula is C13H16N2O2S. The maximum absolute atomic E-state index is 12.0. The highest BCUT2D eigenvalue weighted by atomic mass is 32.2. The van der Waals surface area contributed by atoms with Crippen LogP contribution in [-0.2, 0) is 10.0 Å². The molecule has 0 bridgehead atoms. The summed E-state index contributed by atoms with van der Waals surface area (Å²) in [6.45, 7) is 2.55. The van der Waals surface area contributed by atoms with Crippen LogP contribution in [0.5, 0.6) is 0 Å². The predicted octanol–water partition coefficient (Wildman–Crippen LogP) is 1.88. The second-order valence-corrected chi connectivity index (χ2v) is 6.57. The molecule has 18 heavy (non-hydrogen) atoms. The summed E-state index contributed by atoms with van der Waals surface area (Å²) in [5, 5.41) is 8.66. The summed E-state index contributed by atoms with van der Waals surface area (Å²) in [4.78, 5) is 0.212. The average Bonchev–Trinajstić information content (AvgIpc) is 3.20. The molecule has 5 heteroatoms. The molecule has 96 valence electrons. The minimum Gasteiger partial charge on any atom is -0.211 e. The number of nitrogens with one attached hydrogen (secondary N) is 1. The fourth-order valence-electron chi connectivity index (χ4n) is 1.87. The largest absolute Gasteiger partial charge is 0.240 e. The second-order valence-electron chi connectivity index (χ2n) is 4.80. The lowest BCUT2D eigenvalue weighted by molar-refractivity contribution is 0.492. The maximum atomic E-state index is 12.0. The lowest BCUT2D eigenvalue weighted by Gasteiger charge is -2.11. The molecule has 0 spiro atoms. The quantitative estimate of drug-likeness (QED) is 0.882. The highest BCUT2D eigenvalue weighted by Crippen LogP contribution is 2.36. The lowest BCUT2D eigenvalue weighted by atomic mass is 10.1. The van der Waals surface area contributed by atoms with Gasteiger partial charge in [0.2, 0.25) is 10.0 Å². The Kier molecular flexibility index (Phi) is 3.69. The number of hydrogen-bond acceptors (Lipinski definition) is 3. The Bertz CT molecular complexity index is 554. The lowest BCUT2D eigenvalue weighted by Crippen LogP contribution is -2.29. The molecule has 0 heterocycles. The molecule has 0 aliphatic heterocycles. The predicted molar refractivity (Wildman–Crippen MR) is 68.2 cm³/mol. The van der Waals surface area contributed by atoms with E-state index < -0.39 is 10.0 Å². The molecule has 2 rings (SSSR count). The van der Waals surface area contributed by atoms with Gasteiger partial charge in [0.25, 0.3) is 0 Å². The van der Waals surface area contributed by atoms with Gasteiger partial charge in [-0.15, -0.1) is 0 Å². The molecule has 1 aromatic rings. The van der Waals surface area contributed by atoms with E-state index in [4.69, 9.17) is 5.26 Å². The first kappa shape index (κ1) is 13.1. The minimum absolute atomic E-state index is 0.212. The van der Waals surface area contributed by atoms with E-state index in [-0.39, 0.29) is 4.90 Å². The molecule has 0 amide bonds. The maximum Gasteiger partial charge on any atom is 0.240 e. The Morgan fingerprint density at radius 3 is 2.50 bits per heavy atom. The molecular weight excluding hydrogens is 248 g/mol. The molecule has 0 aromatic heterocycles. The van der Waals surface area contributed by atoms with E-state index in [9.17, 15) is 8.42 Å². The topological polar surface area (TPSA) is 70.0 Å². The van der Waals surface area contributed by atoms with Gasteiger partial charge in [-0.05, 0) is 48.9 Å². The molecule has 1 fully saturated rings. The van der Waals surface area contributed by atoms with Crippen LogP contribution < -0.4 is 4.72 Å². The molecule has 1 aliphatic rings. The van der Waals surface area contributed by atoms with E-state index in [1.54, 1.807) is 0 Å². The van der Waals surface area contributed by atoms with E-state index in [0.717, 1.165) is 0 Å². The van der Waals surface area contributed by atoms with Crippen LogP contribution in [0.4, 0.5) is 0 Å². The van der Waals surface area contributed by atoms with Crippen LogP contribution in [0.25, 0.3) is 0 Å². The molecule has 1 N–H and O–H groups in total. The van der Waals surface area contributed by atoms with Crippen LogP contribution in [0.1, 0.15) is 25.3 Å². The Morgan fingerprint density at radius 2 is 2.00 bits per heavy atom. The van der Waals surface area contributed by atoms with Crippen LogP contribution in [0, 0.1) is 23.2 Å². The highest BCUT2D eigenvalue weighted by Gasteiger charge is 2.28. The van der Waals surface area contributed by atoms with Crippen molar-refractivity contribution in [1.29, 1.82) is 5.26 Å². The van der Waals surface area contributed by atoms with E-state index in [0.29, 0.717) is 23.9 Å². The second kappa shape index (κ2) is 5.09. The monoisotopic (exact) mass is 264 g/mol. The Balaban J connectivity index is 2.02. The first-order valence-electron chi connectivity index (χ1n) is 6.03. The van der Waals surface area contributed by atoms with Gasteiger partial charge >= 0.3 is 0 Å². The highest BCUT2D eigenvalue weighted by molar-refractivity contribution is 7.89. The zero-order chi connectivity index (χ0) is 13.2. The molecule has 4 nitrogen and oxygen atoms in total. The standard InChI is InChI=1S/C13H16N2O2S/c1-10(12-4-5-12)9-15-18(16,17)13-6-2-11(8-14)3-7-13/h2-3,6-7,10,12,15H,4-5,9H2,1H3. The van der Waals surface area contributed by atoms with Crippen LogP contribution >= 0.6 is 0 Å². The summed E-state index contributed by atoms with van der Waals surface area (Å²) < 4.78 is 26.6. The van der Waals surface area contributed by atoms with Crippen molar-refractivity contribution in [2.75, 3.05) is 6.54 Å². The number of nitrogens with zero attached hydrogens (tertiary/aromatic N) is 1. The molecule has 1 saturated carbocycles. The van der Waals surface area contributed by atoms with Crippen molar-refractivity contribution in [2.24, 2.45) is 11.8 Å². The molecule has 0 radical (unpaired) electrons. The summed E-state index contributed by atoms with van der Waals surface area (Å²) in [5.41, 5.74) is 0.459. The molecule has 1 unspecified atom stereocenters. The van der Waals surface area contributed by atoms with Gasteiger partial charge in [0.15, 0.2) is 0 Å². The summed E-state index contributed by atoms with van der Waals surface area (Å²) in [6.07, 6.45) is 2.42. The third-order valence-corrected chi connectivity index (χ3v) is 4.76.